The Labute approximate surface area is 159 Å². The van der Waals surface area contributed by atoms with Gasteiger partial charge in [0.25, 0.3) is 0 Å². The molecule has 0 aromatic carbocycles. The van der Waals surface area contributed by atoms with Gasteiger partial charge in [-0.2, -0.15) is 0 Å². The van der Waals surface area contributed by atoms with E-state index in [0.29, 0.717) is 36.7 Å². The van der Waals surface area contributed by atoms with E-state index in [2.05, 4.69) is 20.8 Å². The smallest absolute Gasteiger partial charge is 0.338 e. The van der Waals surface area contributed by atoms with Crippen LogP contribution < -0.4 is 0 Å². The minimum Gasteiger partial charge on any atom is -0.462 e. The van der Waals surface area contributed by atoms with E-state index in [-0.39, 0.29) is 5.97 Å². The zero-order valence-corrected chi connectivity index (χ0v) is 16.9. The van der Waals surface area contributed by atoms with E-state index in [9.17, 15) is 9.59 Å². The Hall–Kier alpha value is -1.58. The molecule has 0 radical (unpaired) electrons. The summed E-state index contributed by atoms with van der Waals surface area (Å²) in [7, 11) is 0. The lowest BCUT2D eigenvalue weighted by atomic mass is 10.0. The summed E-state index contributed by atoms with van der Waals surface area (Å²) < 4.78 is 10.8. The third kappa shape index (κ3) is 8.68. The molecule has 0 saturated heterocycles. The molecule has 0 heterocycles. The molecule has 0 N–H and O–H groups in total. The maximum Gasteiger partial charge on any atom is 0.338 e. The molecule has 0 aromatic rings. The van der Waals surface area contributed by atoms with Gasteiger partial charge in [0, 0.05) is 0 Å². The molecule has 1 aliphatic carbocycles. The van der Waals surface area contributed by atoms with E-state index in [1.165, 1.54) is 0 Å². The minimum atomic E-state index is -0.398. The van der Waals surface area contributed by atoms with Crippen LogP contribution in [0.4, 0.5) is 0 Å². The number of carbonyl (C=O) groups excluding carboxylic acids is 2. The first kappa shape index (κ1) is 22.5. The highest BCUT2D eigenvalue weighted by Gasteiger charge is 2.24. The van der Waals surface area contributed by atoms with Gasteiger partial charge in [-0.15, -0.1) is 0 Å². The van der Waals surface area contributed by atoms with Crippen LogP contribution in [0.5, 0.6) is 0 Å². The van der Waals surface area contributed by atoms with Crippen LogP contribution in [-0.2, 0) is 19.1 Å². The topological polar surface area (TPSA) is 52.6 Å². The summed E-state index contributed by atoms with van der Waals surface area (Å²) in [4.78, 5) is 25.0. The molecule has 0 spiro atoms. The van der Waals surface area contributed by atoms with Crippen molar-refractivity contribution in [1.29, 1.82) is 0 Å². The summed E-state index contributed by atoms with van der Waals surface area (Å²) in [6, 6.07) is 0. The molecule has 0 amide bonds. The van der Waals surface area contributed by atoms with Gasteiger partial charge >= 0.3 is 11.9 Å². The van der Waals surface area contributed by atoms with Crippen LogP contribution in [0.3, 0.4) is 0 Å². The van der Waals surface area contributed by atoms with Gasteiger partial charge in [0.2, 0.25) is 0 Å². The zero-order chi connectivity index (χ0) is 19.2. The van der Waals surface area contributed by atoms with Gasteiger partial charge in [-0.1, -0.05) is 71.4 Å². The largest absolute Gasteiger partial charge is 0.462 e. The van der Waals surface area contributed by atoms with E-state index in [0.717, 1.165) is 57.8 Å². The number of ether oxygens (including phenoxy) is 2. The van der Waals surface area contributed by atoms with Crippen molar-refractivity contribution < 1.29 is 19.1 Å². The van der Waals surface area contributed by atoms with Gasteiger partial charge in [0.05, 0.1) is 24.4 Å². The molecule has 0 bridgehead atoms. The lowest BCUT2D eigenvalue weighted by molar-refractivity contribution is -0.142. The van der Waals surface area contributed by atoms with Gasteiger partial charge in [-0.05, 0) is 31.6 Å². The Morgan fingerprint density at radius 1 is 0.923 bits per heavy atom. The number of esters is 2. The molecule has 0 aromatic heterocycles. The van der Waals surface area contributed by atoms with Crippen LogP contribution in [0.2, 0.25) is 0 Å². The number of rotatable bonds is 12. The van der Waals surface area contributed by atoms with Crippen LogP contribution in [0.25, 0.3) is 0 Å². The zero-order valence-electron chi connectivity index (χ0n) is 16.9. The number of hydrogen-bond acceptors (Lipinski definition) is 4. The summed E-state index contributed by atoms with van der Waals surface area (Å²) in [5.41, 5.74) is 0.850. The third-order valence-corrected chi connectivity index (χ3v) is 4.69. The molecule has 1 unspecified atom stereocenters. The van der Waals surface area contributed by atoms with E-state index in [1.54, 1.807) is 6.08 Å². The summed E-state index contributed by atoms with van der Waals surface area (Å²) in [5, 5.41) is 0. The van der Waals surface area contributed by atoms with Crippen molar-refractivity contribution in [2.45, 2.75) is 85.0 Å². The van der Waals surface area contributed by atoms with E-state index in [4.69, 9.17) is 9.47 Å². The second-order valence-corrected chi connectivity index (χ2v) is 7.16. The van der Waals surface area contributed by atoms with Gasteiger partial charge in [-0.3, -0.25) is 0 Å². The Morgan fingerprint density at radius 2 is 1.50 bits per heavy atom. The van der Waals surface area contributed by atoms with Crippen molar-refractivity contribution in [1.82, 2.24) is 0 Å². The minimum absolute atomic E-state index is 0.331. The van der Waals surface area contributed by atoms with Crippen molar-refractivity contribution >= 4 is 11.9 Å². The van der Waals surface area contributed by atoms with Crippen molar-refractivity contribution in [2.24, 2.45) is 5.92 Å². The monoisotopic (exact) mass is 364 g/mol. The highest BCUT2D eigenvalue weighted by atomic mass is 16.5. The first-order chi connectivity index (χ1) is 12.6. The molecule has 4 nitrogen and oxygen atoms in total. The lowest BCUT2D eigenvalue weighted by Gasteiger charge is -2.12. The lowest BCUT2D eigenvalue weighted by Crippen LogP contribution is -2.16. The maximum absolute atomic E-state index is 12.5. The van der Waals surface area contributed by atoms with Crippen LogP contribution in [-0.4, -0.2) is 25.2 Å². The SMILES string of the molecule is CCCCCCOC(=O)C1=C(C(=O)OCCCCCC)CCC(C)C=C1. The fourth-order valence-corrected chi connectivity index (χ4v) is 2.92. The first-order valence-corrected chi connectivity index (χ1v) is 10.4. The second kappa shape index (κ2) is 13.6. The number of hydrogen-bond donors (Lipinski definition) is 0. The van der Waals surface area contributed by atoms with Crippen LogP contribution >= 0.6 is 0 Å². The van der Waals surface area contributed by atoms with Crippen LogP contribution in [0, 0.1) is 5.92 Å². The van der Waals surface area contributed by atoms with E-state index >= 15 is 0 Å². The first-order valence-electron chi connectivity index (χ1n) is 10.4. The van der Waals surface area contributed by atoms with Gasteiger partial charge in [0.1, 0.15) is 0 Å². The molecular weight excluding hydrogens is 328 g/mol. The standard InChI is InChI=1S/C22H36O4/c1-4-6-8-10-16-25-21(23)19-14-12-18(3)13-15-20(19)22(24)26-17-11-9-7-5-2/h12,14,18H,4-11,13,15-17H2,1-3H3. The molecule has 26 heavy (non-hydrogen) atoms. The fourth-order valence-electron chi connectivity index (χ4n) is 2.92. The average molecular weight is 365 g/mol. The van der Waals surface area contributed by atoms with Gasteiger partial charge < -0.3 is 9.47 Å². The summed E-state index contributed by atoms with van der Waals surface area (Å²) >= 11 is 0. The highest BCUT2D eigenvalue weighted by molar-refractivity contribution is 6.02. The highest BCUT2D eigenvalue weighted by Crippen LogP contribution is 2.24. The van der Waals surface area contributed by atoms with Crippen molar-refractivity contribution in [2.75, 3.05) is 13.2 Å². The summed E-state index contributed by atoms with van der Waals surface area (Å²) in [6.07, 6.45) is 13.6. The summed E-state index contributed by atoms with van der Waals surface area (Å²) in [6.45, 7) is 7.21. The molecular formula is C22H36O4. The number of unbranched alkanes of at least 4 members (excludes halogenated alkanes) is 6. The summed E-state index contributed by atoms with van der Waals surface area (Å²) in [5.74, 6) is -0.430. The molecule has 1 aliphatic rings. The predicted octanol–water partition coefficient (Wildman–Crippen LogP) is 5.52. The predicted molar refractivity (Wildman–Crippen MR) is 105 cm³/mol. The number of carbonyl (C=O) groups is 2. The second-order valence-electron chi connectivity index (χ2n) is 7.16. The molecule has 0 aliphatic heterocycles. The van der Waals surface area contributed by atoms with Crippen molar-refractivity contribution in [3.8, 4) is 0 Å². The Kier molecular flexibility index (Phi) is 11.7. The van der Waals surface area contributed by atoms with E-state index in [1.807, 2.05) is 6.08 Å². The van der Waals surface area contributed by atoms with Crippen molar-refractivity contribution in [3.05, 3.63) is 23.3 Å². The van der Waals surface area contributed by atoms with Gasteiger partial charge in [0.15, 0.2) is 0 Å². The van der Waals surface area contributed by atoms with Crippen LogP contribution in [0.1, 0.15) is 85.0 Å². The molecule has 1 atom stereocenters. The average Bonchev–Trinajstić information content (AvgIpc) is 2.83. The molecule has 1 rings (SSSR count). The third-order valence-electron chi connectivity index (χ3n) is 4.69. The molecule has 148 valence electrons. The normalized spacial score (nSPS) is 17.1. The number of allylic oxidation sites excluding steroid dienone is 1. The molecule has 4 heteroatoms. The Balaban J connectivity index is 2.65. The maximum atomic E-state index is 12.5. The molecule has 0 saturated carbocycles. The van der Waals surface area contributed by atoms with E-state index < -0.39 is 5.97 Å². The Morgan fingerprint density at radius 3 is 2.08 bits per heavy atom. The van der Waals surface area contributed by atoms with Gasteiger partial charge in [-0.25, -0.2) is 9.59 Å². The van der Waals surface area contributed by atoms with Crippen LogP contribution in [0.15, 0.2) is 23.3 Å². The van der Waals surface area contributed by atoms with Crippen molar-refractivity contribution in [3.63, 3.8) is 0 Å². The Bertz CT molecular complexity index is 490. The fraction of sp³-hybridized carbons (Fsp3) is 0.727. The quantitative estimate of drug-likeness (QED) is 0.338. The molecule has 0 fully saturated rings.